The lowest BCUT2D eigenvalue weighted by Crippen LogP contribution is -2.19. The second-order valence-electron chi connectivity index (χ2n) is 4.69. The van der Waals surface area contributed by atoms with Crippen molar-refractivity contribution in [3.05, 3.63) is 59.4 Å². The number of fused-ring (bicyclic) bond motifs is 1. The average Bonchev–Trinajstić information content (AvgIpc) is 3.00. The fourth-order valence-electron chi connectivity index (χ4n) is 2.05. The summed E-state index contributed by atoms with van der Waals surface area (Å²) < 4.78 is 24.0. The summed E-state index contributed by atoms with van der Waals surface area (Å²) in [6.07, 6.45) is 0. The van der Waals surface area contributed by atoms with Crippen LogP contribution in [0.25, 0.3) is 0 Å². The maximum absolute atomic E-state index is 13.6. The van der Waals surface area contributed by atoms with Gasteiger partial charge in [0.25, 0.3) is 5.91 Å². The Bertz CT molecular complexity index is 759. The topological polar surface area (TPSA) is 59.9 Å². The molecule has 0 saturated heterocycles. The average molecular weight is 300 g/mol. The monoisotopic (exact) mass is 300 g/mol. The third kappa shape index (κ3) is 2.76. The Hall–Kier alpha value is -2.89. The second kappa shape index (κ2) is 5.85. The Balaban J connectivity index is 1.74. The Kier molecular flexibility index (Phi) is 3.74. The van der Waals surface area contributed by atoms with Crippen LogP contribution in [-0.2, 0) is 0 Å². The first-order chi connectivity index (χ1) is 10.6. The molecule has 1 N–H and O–H groups in total. The molecule has 2 aromatic rings. The first-order valence-corrected chi connectivity index (χ1v) is 6.64. The van der Waals surface area contributed by atoms with Crippen LogP contribution in [0.2, 0.25) is 0 Å². The largest absolute Gasteiger partial charge is 0.454 e. The molecule has 3 rings (SSSR count). The molecule has 6 heteroatoms. The number of rotatable bonds is 3. The van der Waals surface area contributed by atoms with Crippen LogP contribution in [0.5, 0.6) is 11.5 Å². The standard InChI is InChI=1S/C16H13FN2O3/c1-10(12-4-2-3-5-13(12)17)18-19-16(20)11-6-7-14-15(8-11)22-9-21-14/h2-8H,9H2,1H3,(H,19,20)/b18-10-. The van der Waals surface area contributed by atoms with E-state index in [9.17, 15) is 9.18 Å². The fourth-order valence-corrected chi connectivity index (χ4v) is 2.05. The van der Waals surface area contributed by atoms with E-state index in [2.05, 4.69) is 10.5 Å². The normalized spacial score (nSPS) is 13.1. The minimum absolute atomic E-state index is 0.144. The number of hydrogen-bond donors (Lipinski definition) is 1. The van der Waals surface area contributed by atoms with Gasteiger partial charge >= 0.3 is 0 Å². The zero-order valence-electron chi connectivity index (χ0n) is 11.8. The molecule has 1 amide bonds. The van der Waals surface area contributed by atoms with Gasteiger partial charge in [0.05, 0.1) is 5.71 Å². The van der Waals surface area contributed by atoms with Gasteiger partial charge in [0.1, 0.15) is 5.82 Å². The highest BCUT2D eigenvalue weighted by Gasteiger charge is 2.16. The number of nitrogens with one attached hydrogen (secondary N) is 1. The van der Waals surface area contributed by atoms with Gasteiger partial charge in [0.2, 0.25) is 6.79 Å². The summed E-state index contributed by atoms with van der Waals surface area (Å²) in [5.74, 6) is 0.320. The number of benzene rings is 2. The molecule has 0 spiro atoms. The van der Waals surface area contributed by atoms with Crippen LogP contribution in [-0.4, -0.2) is 18.4 Å². The van der Waals surface area contributed by atoms with E-state index >= 15 is 0 Å². The number of nitrogens with zero attached hydrogens (tertiary/aromatic N) is 1. The fraction of sp³-hybridized carbons (Fsp3) is 0.125. The molecule has 5 nitrogen and oxygen atoms in total. The van der Waals surface area contributed by atoms with Gasteiger partial charge in [-0.1, -0.05) is 18.2 Å². The van der Waals surface area contributed by atoms with Gasteiger partial charge in [-0.05, 0) is 31.2 Å². The van der Waals surface area contributed by atoms with E-state index < -0.39 is 5.91 Å². The minimum atomic E-state index is -0.408. The SMILES string of the molecule is C/C(=N/NC(=O)c1ccc2c(c1)OCO2)c1ccccc1F. The zero-order valence-corrected chi connectivity index (χ0v) is 11.8. The smallest absolute Gasteiger partial charge is 0.271 e. The van der Waals surface area contributed by atoms with Crippen molar-refractivity contribution in [2.45, 2.75) is 6.92 Å². The van der Waals surface area contributed by atoms with Crippen molar-refractivity contribution in [1.82, 2.24) is 5.43 Å². The van der Waals surface area contributed by atoms with Gasteiger partial charge in [-0.3, -0.25) is 4.79 Å². The number of carbonyl (C=O) groups excluding carboxylic acids is 1. The summed E-state index contributed by atoms with van der Waals surface area (Å²) in [6, 6.07) is 11.1. The molecule has 0 aliphatic carbocycles. The Morgan fingerprint density at radius 1 is 1.18 bits per heavy atom. The lowest BCUT2D eigenvalue weighted by atomic mass is 10.1. The molecule has 0 saturated carbocycles. The van der Waals surface area contributed by atoms with E-state index in [1.54, 1.807) is 43.3 Å². The van der Waals surface area contributed by atoms with E-state index in [-0.39, 0.29) is 12.6 Å². The summed E-state index contributed by atoms with van der Waals surface area (Å²) in [5, 5.41) is 3.93. The quantitative estimate of drug-likeness (QED) is 0.700. The number of hydrazone groups is 1. The number of amides is 1. The van der Waals surface area contributed by atoms with Crippen LogP contribution in [0, 0.1) is 5.82 Å². The van der Waals surface area contributed by atoms with E-state index in [0.717, 1.165) is 0 Å². The third-order valence-corrected chi connectivity index (χ3v) is 3.22. The molecule has 0 unspecified atom stereocenters. The molecular weight excluding hydrogens is 287 g/mol. The summed E-state index contributed by atoms with van der Waals surface area (Å²) >= 11 is 0. The summed E-state index contributed by atoms with van der Waals surface area (Å²) in [6.45, 7) is 1.77. The molecule has 2 aromatic carbocycles. The Morgan fingerprint density at radius 3 is 2.77 bits per heavy atom. The molecule has 22 heavy (non-hydrogen) atoms. The molecule has 0 radical (unpaired) electrons. The number of hydrogen-bond acceptors (Lipinski definition) is 4. The van der Waals surface area contributed by atoms with Crippen LogP contribution in [0.4, 0.5) is 4.39 Å². The molecule has 112 valence electrons. The first-order valence-electron chi connectivity index (χ1n) is 6.64. The zero-order chi connectivity index (χ0) is 15.5. The van der Waals surface area contributed by atoms with Gasteiger partial charge in [-0.25, -0.2) is 9.82 Å². The molecule has 1 aliphatic heterocycles. The molecule has 0 aromatic heterocycles. The van der Waals surface area contributed by atoms with E-state index in [1.165, 1.54) is 6.07 Å². The number of carbonyl (C=O) groups is 1. The number of ether oxygens (including phenoxy) is 2. The van der Waals surface area contributed by atoms with Crippen molar-refractivity contribution in [2.24, 2.45) is 5.10 Å². The maximum atomic E-state index is 13.6. The van der Waals surface area contributed by atoms with Crippen LogP contribution in [0.1, 0.15) is 22.8 Å². The van der Waals surface area contributed by atoms with Gasteiger partial charge < -0.3 is 9.47 Å². The van der Waals surface area contributed by atoms with Crippen molar-refractivity contribution in [2.75, 3.05) is 6.79 Å². The first kappa shape index (κ1) is 14.1. The van der Waals surface area contributed by atoms with Gasteiger partial charge in [0, 0.05) is 11.1 Å². The summed E-state index contributed by atoms with van der Waals surface area (Å²) in [4.78, 5) is 12.1. The van der Waals surface area contributed by atoms with E-state index in [0.29, 0.717) is 28.3 Å². The van der Waals surface area contributed by atoms with Crippen LogP contribution >= 0.6 is 0 Å². The molecule has 1 aliphatic rings. The Labute approximate surface area is 126 Å². The lowest BCUT2D eigenvalue weighted by molar-refractivity contribution is 0.0954. The van der Waals surface area contributed by atoms with Crippen molar-refractivity contribution in [3.63, 3.8) is 0 Å². The van der Waals surface area contributed by atoms with Gasteiger partial charge in [-0.15, -0.1) is 0 Å². The molecule has 0 atom stereocenters. The van der Waals surface area contributed by atoms with Crippen LogP contribution in [0.15, 0.2) is 47.6 Å². The lowest BCUT2D eigenvalue weighted by Gasteiger charge is -2.04. The van der Waals surface area contributed by atoms with Crippen molar-refractivity contribution in [3.8, 4) is 11.5 Å². The minimum Gasteiger partial charge on any atom is -0.454 e. The number of halogens is 1. The molecule has 1 heterocycles. The van der Waals surface area contributed by atoms with Crippen molar-refractivity contribution in [1.29, 1.82) is 0 Å². The third-order valence-electron chi connectivity index (χ3n) is 3.22. The summed E-state index contributed by atoms with van der Waals surface area (Å²) in [5.41, 5.74) is 3.51. The predicted molar refractivity (Wildman–Crippen MR) is 78.6 cm³/mol. The highest BCUT2D eigenvalue weighted by molar-refractivity contribution is 6.01. The van der Waals surface area contributed by atoms with Crippen molar-refractivity contribution < 1.29 is 18.7 Å². The maximum Gasteiger partial charge on any atom is 0.271 e. The van der Waals surface area contributed by atoms with E-state index in [4.69, 9.17) is 9.47 Å². The Morgan fingerprint density at radius 2 is 1.95 bits per heavy atom. The van der Waals surface area contributed by atoms with Gasteiger partial charge in [-0.2, -0.15) is 5.10 Å². The van der Waals surface area contributed by atoms with Gasteiger partial charge in [0.15, 0.2) is 11.5 Å². The highest BCUT2D eigenvalue weighted by atomic mass is 19.1. The van der Waals surface area contributed by atoms with E-state index in [1.807, 2.05) is 0 Å². The summed E-state index contributed by atoms with van der Waals surface area (Å²) in [7, 11) is 0. The predicted octanol–water partition coefficient (Wildman–Crippen LogP) is 2.71. The second-order valence-corrected chi connectivity index (χ2v) is 4.69. The van der Waals surface area contributed by atoms with Crippen molar-refractivity contribution >= 4 is 11.6 Å². The highest BCUT2D eigenvalue weighted by Crippen LogP contribution is 2.32. The molecule has 0 bridgehead atoms. The molecule has 0 fully saturated rings. The van der Waals surface area contributed by atoms with Crippen LogP contribution in [0.3, 0.4) is 0 Å². The molecular formula is C16H13FN2O3. The van der Waals surface area contributed by atoms with Crippen LogP contribution < -0.4 is 14.9 Å².